The predicted molar refractivity (Wildman–Crippen MR) is 80.2 cm³/mol. The number of urea groups is 1. The fourth-order valence-corrected chi connectivity index (χ4v) is 1.73. The lowest BCUT2D eigenvalue weighted by atomic mass is 10.3. The van der Waals surface area contributed by atoms with Gasteiger partial charge in [0.15, 0.2) is 0 Å². The molecule has 2 aromatic rings. The summed E-state index contributed by atoms with van der Waals surface area (Å²) in [4.78, 5) is 11.7. The standard InChI is InChI=1S/C14H14ClN3O2/c1-20-11-6-4-5-10(9-11)16-14(19)18-17-13-8-3-2-7-12(13)15/h2-9,17H,1H3,(H2,16,18,19). The Morgan fingerprint density at radius 1 is 1.15 bits per heavy atom. The highest BCUT2D eigenvalue weighted by molar-refractivity contribution is 6.33. The van der Waals surface area contributed by atoms with Crippen LogP contribution in [0.5, 0.6) is 5.75 Å². The molecule has 20 heavy (non-hydrogen) atoms. The molecular formula is C14H14ClN3O2. The van der Waals surface area contributed by atoms with E-state index in [1.807, 2.05) is 12.1 Å². The number of anilines is 2. The highest BCUT2D eigenvalue weighted by Gasteiger charge is 2.03. The number of carbonyl (C=O) groups is 1. The van der Waals surface area contributed by atoms with Crippen molar-refractivity contribution in [1.29, 1.82) is 0 Å². The first-order valence-electron chi connectivity index (χ1n) is 5.90. The van der Waals surface area contributed by atoms with Crippen LogP contribution >= 0.6 is 11.6 Å². The minimum Gasteiger partial charge on any atom is -0.497 e. The number of halogens is 1. The van der Waals surface area contributed by atoms with E-state index < -0.39 is 6.03 Å². The molecule has 2 rings (SSSR count). The zero-order chi connectivity index (χ0) is 14.4. The number of para-hydroxylation sites is 1. The van der Waals surface area contributed by atoms with Gasteiger partial charge in [0.1, 0.15) is 5.75 Å². The van der Waals surface area contributed by atoms with Gasteiger partial charge in [0.2, 0.25) is 0 Å². The van der Waals surface area contributed by atoms with Crippen molar-refractivity contribution in [2.75, 3.05) is 17.9 Å². The van der Waals surface area contributed by atoms with Crippen LogP contribution in [-0.2, 0) is 0 Å². The molecule has 104 valence electrons. The average molecular weight is 292 g/mol. The molecular weight excluding hydrogens is 278 g/mol. The predicted octanol–water partition coefficient (Wildman–Crippen LogP) is 3.50. The zero-order valence-electron chi connectivity index (χ0n) is 10.8. The third kappa shape index (κ3) is 3.80. The zero-order valence-corrected chi connectivity index (χ0v) is 11.6. The van der Waals surface area contributed by atoms with Crippen molar-refractivity contribution in [2.24, 2.45) is 0 Å². The van der Waals surface area contributed by atoms with Crippen LogP contribution in [0, 0.1) is 0 Å². The van der Waals surface area contributed by atoms with Crippen molar-refractivity contribution in [3.05, 3.63) is 53.6 Å². The second kappa shape index (κ2) is 6.68. The third-order valence-electron chi connectivity index (χ3n) is 2.51. The number of amides is 2. The third-order valence-corrected chi connectivity index (χ3v) is 2.84. The number of benzene rings is 2. The molecule has 0 fully saturated rings. The highest BCUT2D eigenvalue weighted by Crippen LogP contribution is 2.19. The Morgan fingerprint density at radius 3 is 2.70 bits per heavy atom. The van der Waals surface area contributed by atoms with Crippen molar-refractivity contribution >= 4 is 29.0 Å². The van der Waals surface area contributed by atoms with Gasteiger partial charge in [-0.25, -0.2) is 4.79 Å². The van der Waals surface area contributed by atoms with Crippen molar-refractivity contribution in [2.45, 2.75) is 0 Å². The molecule has 0 bridgehead atoms. The molecule has 0 radical (unpaired) electrons. The molecule has 2 aromatic carbocycles. The Labute approximate surface area is 121 Å². The van der Waals surface area contributed by atoms with E-state index in [0.29, 0.717) is 22.1 Å². The number of ether oxygens (including phenoxy) is 1. The summed E-state index contributed by atoms with van der Waals surface area (Å²) in [5.74, 6) is 0.668. The minimum atomic E-state index is -0.404. The van der Waals surface area contributed by atoms with Crippen LogP contribution in [0.4, 0.5) is 16.2 Å². The molecule has 0 spiro atoms. The Morgan fingerprint density at radius 2 is 1.95 bits per heavy atom. The van der Waals surface area contributed by atoms with Gasteiger partial charge in [-0.1, -0.05) is 29.8 Å². The van der Waals surface area contributed by atoms with Gasteiger partial charge in [0.25, 0.3) is 0 Å². The normalized spacial score (nSPS) is 9.70. The summed E-state index contributed by atoms with van der Waals surface area (Å²) < 4.78 is 5.08. The van der Waals surface area contributed by atoms with Crippen molar-refractivity contribution in [1.82, 2.24) is 5.43 Å². The molecule has 0 saturated carbocycles. The van der Waals surface area contributed by atoms with Crippen LogP contribution in [0.3, 0.4) is 0 Å². The molecule has 6 heteroatoms. The lowest BCUT2D eigenvalue weighted by molar-refractivity contribution is 0.254. The van der Waals surface area contributed by atoms with Gasteiger partial charge in [0.05, 0.1) is 17.8 Å². The van der Waals surface area contributed by atoms with Crippen molar-refractivity contribution < 1.29 is 9.53 Å². The van der Waals surface area contributed by atoms with Crippen LogP contribution in [-0.4, -0.2) is 13.1 Å². The Balaban J connectivity index is 1.91. The van der Waals surface area contributed by atoms with Gasteiger partial charge in [-0.3, -0.25) is 10.9 Å². The molecule has 0 heterocycles. The number of rotatable bonds is 4. The molecule has 0 aliphatic rings. The molecule has 2 amide bonds. The quantitative estimate of drug-likeness (QED) is 0.756. The summed E-state index contributed by atoms with van der Waals surface area (Å²) in [6.07, 6.45) is 0. The van der Waals surface area contributed by atoms with Crippen LogP contribution < -0.4 is 20.9 Å². The SMILES string of the molecule is COc1cccc(NC(=O)NNc2ccccc2Cl)c1. The fourth-order valence-electron chi connectivity index (χ4n) is 1.55. The van der Waals surface area contributed by atoms with Gasteiger partial charge in [0, 0.05) is 11.8 Å². The second-order valence-electron chi connectivity index (χ2n) is 3.92. The smallest absolute Gasteiger partial charge is 0.337 e. The molecule has 5 nitrogen and oxygen atoms in total. The maximum atomic E-state index is 11.7. The molecule has 0 aromatic heterocycles. The van der Waals surface area contributed by atoms with Gasteiger partial charge in [-0.15, -0.1) is 0 Å². The maximum absolute atomic E-state index is 11.7. The van der Waals surface area contributed by atoms with Gasteiger partial charge < -0.3 is 10.1 Å². The van der Waals surface area contributed by atoms with Crippen LogP contribution in [0.25, 0.3) is 0 Å². The Hall–Kier alpha value is -2.40. The largest absolute Gasteiger partial charge is 0.497 e. The lowest BCUT2D eigenvalue weighted by Gasteiger charge is -2.11. The fraction of sp³-hybridized carbons (Fsp3) is 0.0714. The van der Waals surface area contributed by atoms with E-state index in [9.17, 15) is 4.79 Å². The number of hydrogen-bond acceptors (Lipinski definition) is 3. The Kier molecular flexibility index (Phi) is 4.68. The van der Waals surface area contributed by atoms with Crippen molar-refractivity contribution in [3.63, 3.8) is 0 Å². The van der Waals surface area contributed by atoms with Crippen LogP contribution in [0.1, 0.15) is 0 Å². The van der Waals surface area contributed by atoms with E-state index in [-0.39, 0.29) is 0 Å². The van der Waals surface area contributed by atoms with Crippen molar-refractivity contribution in [3.8, 4) is 5.75 Å². The van der Waals surface area contributed by atoms with Crippen LogP contribution in [0.15, 0.2) is 48.5 Å². The van der Waals surface area contributed by atoms with E-state index >= 15 is 0 Å². The first-order chi connectivity index (χ1) is 9.69. The average Bonchev–Trinajstić information content (AvgIpc) is 2.46. The number of hydrazine groups is 1. The monoisotopic (exact) mass is 291 g/mol. The lowest BCUT2D eigenvalue weighted by Crippen LogP contribution is -2.33. The summed E-state index contributed by atoms with van der Waals surface area (Å²) in [6.45, 7) is 0. The van der Waals surface area contributed by atoms with E-state index in [4.69, 9.17) is 16.3 Å². The summed E-state index contributed by atoms with van der Waals surface area (Å²) in [7, 11) is 1.57. The second-order valence-corrected chi connectivity index (χ2v) is 4.32. The van der Waals surface area contributed by atoms with Gasteiger partial charge >= 0.3 is 6.03 Å². The highest BCUT2D eigenvalue weighted by atomic mass is 35.5. The minimum absolute atomic E-state index is 0.404. The molecule has 0 aliphatic heterocycles. The van der Waals surface area contributed by atoms with Crippen LogP contribution in [0.2, 0.25) is 5.02 Å². The number of methoxy groups -OCH3 is 1. The molecule has 0 aliphatic carbocycles. The van der Waals surface area contributed by atoms with Gasteiger partial charge in [-0.05, 0) is 24.3 Å². The molecule has 3 N–H and O–H groups in total. The molecule has 0 saturated heterocycles. The summed E-state index contributed by atoms with van der Waals surface area (Å²) in [5, 5.41) is 3.19. The summed E-state index contributed by atoms with van der Waals surface area (Å²) in [6, 6.07) is 13.8. The maximum Gasteiger partial charge on any atom is 0.337 e. The first kappa shape index (κ1) is 14.0. The number of hydrogen-bond donors (Lipinski definition) is 3. The van der Waals surface area contributed by atoms with E-state index in [1.54, 1.807) is 43.5 Å². The topological polar surface area (TPSA) is 62.4 Å². The van der Waals surface area contributed by atoms with E-state index in [2.05, 4.69) is 16.2 Å². The first-order valence-corrected chi connectivity index (χ1v) is 6.28. The van der Waals surface area contributed by atoms with E-state index in [0.717, 1.165) is 0 Å². The molecule has 0 unspecified atom stereocenters. The summed E-state index contributed by atoms with van der Waals surface area (Å²) in [5.41, 5.74) is 6.48. The Bertz CT molecular complexity index is 604. The number of carbonyl (C=O) groups excluding carboxylic acids is 1. The van der Waals surface area contributed by atoms with E-state index in [1.165, 1.54) is 0 Å². The summed E-state index contributed by atoms with van der Waals surface area (Å²) >= 11 is 5.96. The molecule has 0 atom stereocenters. The van der Waals surface area contributed by atoms with Gasteiger partial charge in [-0.2, -0.15) is 0 Å². The number of nitrogens with one attached hydrogen (secondary N) is 3.